The monoisotopic (exact) mass is 358 g/mol. The van der Waals surface area contributed by atoms with Gasteiger partial charge in [-0.1, -0.05) is 24.3 Å². The molecule has 2 heterocycles. The van der Waals surface area contributed by atoms with Gasteiger partial charge in [-0.15, -0.1) is 0 Å². The quantitative estimate of drug-likeness (QED) is 0.860. The van der Waals surface area contributed by atoms with E-state index in [2.05, 4.69) is 0 Å². The number of rotatable bonds is 2. The molecule has 140 valence electrons. The van der Waals surface area contributed by atoms with Crippen LogP contribution in [0, 0.1) is 18.8 Å². The van der Waals surface area contributed by atoms with Gasteiger partial charge in [-0.25, -0.2) is 0 Å². The second-order valence-corrected chi connectivity index (χ2v) is 7.93. The van der Waals surface area contributed by atoms with E-state index in [9.17, 15) is 14.7 Å². The average Bonchev–Trinajstić information content (AvgIpc) is 3.15. The summed E-state index contributed by atoms with van der Waals surface area (Å²) in [4.78, 5) is 29.0. The topological polar surface area (TPSA) is 70.1 Å². The van der Waals surface area contributed by atoms with Crippen LogP contribution in [0.15, 0.2) is 24.3 Å². The fourth-order valence-electron chi connectivity index (χ4n) is 4.84. The van der Waals surface area contributed by atoms with Crippen molar-refractivity contribution in [3.8, 4) is 0 Å². The molecule has 5 atom stereocenters. The Labute approximate surface area is 153 Å². The fourth-order valence-corrected chi connectivity index (χ4v) is 4.84. The highest BCUT2D eigenvalue weighted by Crippen LogP contribution is 2.39. The fraction of sp³-hybridized carbons (Fsp3) is 0.600. The van der Waals surface area contributed by atoms with Crippen LogP contribution in [0.25, 0.3) is 0 Å². The van der Waals surface area contributed by atoms with Crippen LogP contribution >= 0.6 is 0 Å². The molecule has 4 rings (SSSR count). The lowest BCUT2D eigenvalue weighted by molar-refractivity contribution is -0.167. The van der Waals surface area contributed by atoms with Gasteiger partial charge in [0.05, 0.1) is 12.1 Å². The van der Waals surface area contributed by atoms with Crippen molar-refractivity contribution in [2.24, 2.45) is 11.8 Å². The molecule has 26 heavy (non-hydrogen) atoms. The van der Waals surface area contributed by atoms with Gasteiger partial charge in [-0.05, 0) is 42.7 Å². The predicted octanol–water partition coefficient (Wildman–Crippen LogP) is 1.12. The van der Waals surface area contributed by atoms with Crippen LogP contribution in [0.2, 0.25) is 0 Å². The third kappa shape index (κ3) is 2.91. The third-order valence-corrected chi connectivity index (χ3v) is 6.27. The summed E-state index contributed by atoms with van der Waals surface area (Å²) in [5.74, 6) is 0.618. The number of hydrogen-bond donors (Lipinski definition) is 1. The van der Waals surface area contributed by atoms with Crippen LogP contribution < -0.4 is 0 Å². The smallest absolute Gasteiger partial charge is 0.254 e. The van der Waals surface area contributed by atoms with Gasteiger partial charge in [0.1, 0.15) is 6.61 Å². The Hall–Kier alpha value is -1.92. The Bertz CT molecular complexity index is 708. The standard InChI is InChI=1S/C20H26N2O4/c1-12-5-3-4-6-16(12)18-19(26-11-17(24)21(18)2)20(25)22-9-13-7-15(23)8-14(13)10-22/h3-6,13-15,18-19,23H,7-11H2,1-2H3/t13-,14+,15?,18-,19+/m1/s1. The molecule has 1 aromatic rings. The molecule has 0 bridgehead atoms. The Kier molecular flexibility index (Phi) is 4.49. The summed E-state index contributed by atoms with van der Waals surface area (Å²) in [6.45, 7) is 3.29. The normalized spacial score (nSPS) is 34.3. The first kappa shape index (κ1) is 17.5. The molecule has 2 amide bonds. The Balaban J connectivity index is 1.58. The molecule has 6 heteroatoms. The highest BCUT2D eigenvalue weighted by atomic mass is 16.5. The van der Waals surface area contributed by atoms with Gasteiger partial charge in [0.2, 0.25) is 5.91 Å². The number of morpholine rings is 1. The maximum atomic E-state index is 13.3. The number of aliphatic hydroxyl groups excluding tert-OH is 1. The van der Waals surface area contributed by atoms with E-state index in [0.717, 1.165) is 24.0 Å². The van der Waals surface area contributed by atoms with E-state index >= 15 is 0 Å². The summed E-state index contributed by atoms with van der Waals surface area (Å²) in [6.07, 6.45) is 0.651. The number of ether oxygens (including phenoxy) is 1. The van der Waals surface area contributed by atoms with Crippen molar-refractivity contribution in [3.05, 3.63) is 35.4 Å². The van der Waals surface area contributed by atoms with E-state index in [1.54, 1.807) is 11.9 Å². The largest absolute Gasteiger partial charge is 0.393 e. The Morgan fingerprint density at radius 2 is 1.85 bits per heavy atom. The average molecular weight is 358 g/mol. The predicted molar refractivity (Wildman–Crippen MR) is 95.2 cm³/mol. The summed E-state index contributed by atoms with van der Waals surface area (Å²) >= 11 is 0. The molecule has 0 radical (unpaired) electrons. The second kappa shape index (κ2) is 6.67. The van der Waals surface area contributed by atoms with Crippen molar-refractivity contribution in [3.63, 3.8) is 0 Å². The zero-order chi connectivity index (χ0) is 18.4. The number of likely N-dealkylation sites (N-methyl/N-ethyl adjacent to an activating group) is 1. The number of aryl methyl sites for hydroxylation is 1. The number of hydrogen-bond acceptors (Lipinski definition) is 4. The van der Waals surface area contributed by atoms with E-state index in [-0.39, 0.29) is 24.5 Å². The summed E-state index contributed by atoms with van der Waals surface area (Å²) in [7, 11) is 1.75. The molecule has 1 N–H and O–H groups in total. The molecule has 1 unspecified atom stereocenters. The van der Waals surface area contributed by atoms with Crippen molar-refractivity contribution >= 4 is 11.8 Å². The minimum absolute atomic E-state index is 0.0403. The van der Waals surface area contributed by atoms with Crippen molar-refractivity contribution in [2.75, 3.05) is 26.7 Å². The zero-order valence-corrected chi connectivity index (χ0v) is 15.3. The van der Waals surface area contributed by atoms with Crippen LogP contribution in [0.5, 0.6) is 0 Å². The maximum absolute atomic E-state index is 13.3. The molecule has 0 spiro atoms. The Morgan fingerprint density at radius 1 is 1.19 bits per heavy atom. The lowest BCUT2D eigenvalue weighted by Gasteiger charge is -2.40. The van der Waals surface area contributed by atoms with Crippen molar-refractivity contribution < 1.29 is 19.4 Å². The first-order valence-electron chi connectivity index (χ1n) is 9.35. The van der Waals surface area contributed by atoms with Crippen molar-refractivity contribution in [2.45, 2.75) is 38.0 Å². The van der Waals surface area contributed by atoms with Crippen LogP contribution in [-0.4, -0.2) is 65.7 Å². The third-order valence-electron chi connectivity index (χ3n) is 6.27. The SMILES string of the molecule is Cc1ccccc1[C@@H]1[C@@H](C(=O)N2C[C@H]3CC(O)C[C@H]3C2)OCC(=O)N1C. The van der Waals surface area contributed by atoms with Gasteiger partial charge in [0.15, 0.2) is 6.10 Å². The summed E-state index contributed by atoms with van der Waals surface area (Å²) < 4.78 is 5.77. The minimum atomic E-state index is -0.678. The highest BCUT2D eigenvalue weighted by Gasteiger charge is 2.47. The van der Waals surface area contributed by atoms with Crippen LogP contribution in [0.4, 0.5) is 0 Å². The zero-order valence-electron chi connectivity index (χ0n) is 15.3. The van der Waals surface area contributed by atoms with Gasteiger partial charge < -0.3 is 19.6 Å². The van der Waals surface area contributed by atoms with E-state index in [0.29, 0.717) is 24.9 Å². The molecule has 2 saturated heterocycles. The molecule has 6 nitrogen and oxygen atoms in total. The molecule has 1 aromatic carbocycles. The number of nitrogens with zero attached hydrogens (tertiary/aromatic N) is 2. The van der Waals surface area contributed by atoms with Gasteiger partial charge >= 0.3 is 0 Å². The molecule has 1 aliphatic carbocycles. The first-order chi connectivity index (χ1) is 12.5. The number of amides is 2. The Morgan fingerprint density at radius 3 is 2.50 bits per heavy atom. The number of aliphatic hydroxyl groups is 1. The molecular weight excluding hydrogens is 332 g/mol. The maximum Gasteiger partial charge on any atom is 0.254 e. The van der Waals surface area contributed by atoms with Gasteiger partial charge in [0.25, 0.3) is 5.91 Å². The van der Waals surface area contributed by atoms with E-state index in [1.807, 2.05) is 36.1 Å². The van der Waals surface area contributed by atoms with Gasteiger partial charge in [0, 0.05) is 20.1 Å². The number of fused-ring (bicyclic) bond motifs is 1. The van der Waals surface area contributed by atoms with Crippen LogP contribution in [0.1, 0.15) is 30.0 Å². The lowest BCUT2D eigenvalue weighted by atomic mass is 9.93. The van der Waals surface area contributed by atoms with Crippen molar-refractivity contribution in [1.82, 2.24) is 9.80 Å². The molecule has 3 fully saturated rings. The molecule has 1 saturated carbocycles. The number of carbonyl (C=O) groups is 2. The second-order valence-electron chi connectivity index (χ2n) is 7.93. The van der Waals surface area contributed by atoms with E-state index in [4.69, 9.17) is 4.74 Å². The highest BCUT2D eigenvalue weighted by molar-refractivity contribution is 5.86. The number of carbonyl (C=O) groups excluding carboxylic acids is 2. The number of benzene rings is 1. The van der Waals surface area contributed by atoms with Crippen LogP contribution in [-0.2, 0) is 14.3 Å². The molecular formula is C20H26N2O4. The van der Waals surface area contributed by atoms with E-state index in [1.165, 1.54) is 0 Å². The first-order valence-corrected chi connectivity index (χ1v) is 9.35. The van der Waals surface area contributed by atoms with Gasteiger partial charge in [-0.2, -0.15) is 0 Å². The van der Waals surface area contributed by atoms with Crippen LogP contribution in [0.3, 0.4) is 0 Å². The number of likely N-dealkylation sites (tertiary alicyclic amines) is 1. The lowest BCUT2D eigenvalue weighted by Crippen LogP contribution is -2.53. The van der Waals surface area contributed by atoms with Crippen molar-refractivity contribution in [1.29, 1.82) is 0 Å². The molecule has 2 aliphatic heterocycles. The van der Waals surface area contributed by atoms with E-state index < -0.39 is 12.1 Å². The molecule has 3 aliphatic rings. The minimum Gasteiger partial charge on any atom is -0.393 e. The summed E-state index contributed by atoms with van der Waals surface area (Å²) in [5, 5.41) is 9.82. The summed E-state index contributed by atoms with van der Waals surface area (Å²) in [5.41, 5.74) is 2.00. The summed E-state index contributed by atoms with van der Waals surface area (Å²) in [6, 6.07) is 7.43. The molecule has 0 aromatic heterocycles. The van der Waals surface area contributed by atoms with Gasteiger partial charge in [-0.3, -0.25) is 9.59 Å².